The second-order valence-electron chi connectivity index (χ2n) is 3.42. The molecule has 1 heterocycles. The van der Waals surface area contributed by atoms with E-state index in [1.165, 1.54) is 6.33 Å². The molecule has 4 heteroatoms. The number of benzene rings is 1. The summed E-state index contributed by atoms with van der Waals surface area (Å²) in [5, 5.41) is 9.23. The molecule has 0 fully saturated rings. The van der Waals surface area contributed by atoms with Gasteiger partial charge in [0.05, 0.1) is 17.2 Å². The number of aromatic amines is 1. The highest BCUT2D eigenvalue weighted by atomic mass is 16.2. The largest absolute Gasteiger partial charge is 0.396 e. The van der Waals surface area contributed by atoms with E-state index < -0.39 is 0 Å². The fraction of sp³-hybridized carbons (Fsp3) is 0.167. The Hall–Kier alpha value is -1.94. The Morgan fingerprint density at radius 1 is 1.44 bits per heavy atom. The zero-order valence-electron chi connectivity index (χ0n) is 8.68. The number of aromatic nitrogens is 2. The Labute approximate surface area is 92.3 Å². The molecule has 0 amide bonds. The summed E-state index contributed by atoms with van der Waals surface area (Å²) in [5.74, 6) is 0. The summed E-state index contributed by atoms with van der Waals surface area (Å²) in [6.45, 7) is 0.141. The highest BCUT2D eigenvalue weighted by Crippen LogP contribution is 2.10. The molecular weight excluding hydrogens is 204 g/mol. The summed E-state index contributed by atoms with van der Waals surface area (Å²) in [6, 6.07) is 5.45. The molecule has 0 unspecified atom stereocenters. The van der Waals surface area contributed by atoms with E-state index in [-0.39, 0.29) is 12.2 Å². The van der Waals surface area contributed by atoms with Gasteiger partial charge in [-0.3, -0.25) is 4.79 Å². The molecule has 2 aromatic rings. The minimum Gasteiger partial charge on any atom is -0.396 e. The summed E-state index contributed by atoms with van der Waals surface area (Å²) < 4.78 is 0. The van der Waals surface area contributed by atoms with E-state index >= 15 is 0 Å². The van der Waals surface area contributed by atoms with Gasteiger partial charge in [-0.15, -0.1) is 0 Å². The molecule has 0 aliphatic rings. The first-order valence-electron chi connectivity index (χ1n) is 5.06. The van der Waals surface area contributed by atoms with Crippen LogP contribution in [0.5, 0.6) is 0 Å². The third kappa shape index (κ3) is 2.17. The first-order chi connectivity index (χ1) is 7.81. The lowest BCUT2D eigenvalue weighted by Gasteiger charge is -1.97. The summed E-state index contributed by atoms with van der Waals surface area (Å²) in [4.78, 5) is 18.0. The highest BCUT2D eigenvalue weighted by Gasteiger charge is 1.98. The van der Waals surface area contributed by atoms with Crippen LogP contribution in [0.15, 0.2) is 35.4 Å². The number of rotatable bonds is 3. The molecule has 82 valence electrons. The van der Waals surface area contributed by atoms with Crippen molar-refractivity contribution in [1.82, 2.24) is 9.97 Å². The maximum absolute atomic E-state index is 11.4. The fourth-order valence-electron chi connectivity index (χ4n) is 1.48. The number of H-pyrrole nitrogens is 1. The van der Waals surface area contributed by atoms with Gasteiger partial charge in [-0.2, -0.15) is 0 Å². The third-order valence-electron chi connectivity index (χ3n) is 2.27. The van der Waals surface area contributed by atoms with Gasteiger partial charge in [-0.25, -0.2) is 4.98 Å². The lowest BCUT2D eigenvalue weighted by molar-refractivity contribution is 0.303. The Morgan fingerprint density at radius 2 is 2.31 bits per heavy atom. The van der Waals surface area contributed by atoms with Gasteiger partial charge in [-0.05, 0) is 24.1 Å². The van der Waals surface area contributed by atoms with Crippen molar-refractivity contribution < 1.29 is 5.11 Å². The first kappa shape index (κ1) is 10.6. The van der Waals surface area contributed by atoms with Crippen LogP contribution in [0.3, 0.4) is 0 Å². The molecule has 4 nitrogen and oxygen atoms in total. The molecule has 0 spiro atoms. The lowest BCUT2D eigenvalue weighted by atomic mass is 10.1. The van der Waals surface area contributed by atoms with E-state index in [0.29, 0.717) is 17.3 Å². The molecule has 0 atom stereocenters. The summed E-state index contributed by atoms with van der Waals surface area (Å²) in [5.41, 5.74) is 1.52. The summed E-state index contributed by atoms with van der Waals surface area (Å²) in [6.07, 6.45) is 5.81. The van der Waals surface area contributed by atoms with E-state index in [0.717, 1.165) is 5.56 Å². The van der Waals surface area contributed by atoms with Crippen molar-refractivity contribution in [2.45, 2.75) is 6.42 Å². The predicted octanol–water partition coefficient (Wildman–Crippen LogP) is 1.32. The maximum Gasteiger partial charge on any atom is 0.258 e. The smallest absolute Gasteiger partial charge is 0.258 e. The van der Waals surface area contributed by atoms with E-state index in [1.54, 1.807) is 6.07 Å². The van der Waals surface area contributed by atoms with Crippen molar-refractivity contribution in [3.63, 3.8) is 0 Å². The van der Waals surface area contributed by atoms with E-state index in [9.17, 15) is 4.79 Å². The quantitative estimate of drug-likeness (QED) is 0.813. The number of aliphatic hydroxyl groups is 1. The van der Waals surface area contributed by atoms with Crippen LogP contribution in [0.4, 0.5) is 0 Å². The van der Waals surface area contributed by atoms with Gasteiger partial charge in [0.25, 0.3) is 5.56 Å². The Balaban J connectivity index is 2.41. The van der Waals surface area contributed by atoms with Crippen LogP contribution in [0, 0.1) is 0 Å². The van der Waals surface area contributed by atoms with Gasteiger partial charge in [0.15, 0.2) is 0 Å². The highest BCUT2D eigenvalue weighted by molar-refractivity contribution is 5.79. The normalized spacial score (nSPS) is 11.3. The van der Waals surface area contributed by atoms with Crippen molar-refractivity contribution >= 4 is 17.0 Å². The fourth-order valence-corrected chi connectivity index (χ4v) is 1.48. The molecule has 2 rings (SSSR count). The SMILES string of the molecule is O=c1[nH]cnc2cc(C=CCCO)ccc12. The van der Waals surface area contributed by atoms with Crippen molar-refractivity contribution in [2.75, 3.05) is 6.61 Å². The zero-order valence-corrected chi connectivity index (χ0v) is 8.68. The van der Waals surface area contributed by atoms with Crippen molar-refractivity contribution in [2.24, 2.45) is 0 Å². The molecular formula is C12H12N2O2. The summed E-state index contributed by atoms with van der Waals surface area (Å²) >= 11 is 0. The van der Waals surface area contributed by atoms with Crippen LogP contribution in [-0.4, -0.2) is 21.7 Å². The molecule has 0 aliphatic heterocycles. The van der Waals surface area contributed by atoms with Gasteiger partial charge in [0, 0.05) is 6.61 Å². The zero-order chi connectivity index (χ0) is 11.4. The minimum atomic E-state index is -0.129. The van der Waals surface area contributed by atoms with Gasteiger partial charge >= 0.3 is 0 Å². The van der Waals surface area contributed by atoms with Crippen LogP contribution >= 0.6 is 0 Å². The van der Waals surface area contributed by atoms with E-state index in [4.69, 9.17) is 5.11 Å². The predicted molar refractivity (Wildman–Crippen MR) is 63.1 cm³/mol. The third-order valence-corrected chi connectivity index (χ3v) is 2.27. The molecule has 0 saturated heterocycles. The molecule has 0 saturated carbocycles. The van der Waals surface area contributed by atoms with Crippen molar-refractivity contribution in [3.8, 4) is 0 Å². The Kier molecular flexibility index (Phi) is 3.12. The average Bonchev–Trinajstić information content (AvgIpc) is 2.30. The standard InChI is InChI=1S/C12H12N2O2/c15-6-2-1-3-9-4-5-10-11(7-9)13-8-14-12(10)16/h1,3-5,7-8,15H,2,6H2,(H,13,14,16). The van der Waals surface area contributed by atoms with Crippen molar-refractivity contribution in [1.29, 1.82) is 0 Å². The summed E-state index contributed by atoms with van der Waals surface area (Å²) in [7, 11) is 0. The Morgan fingerprint density at radius 3 is 3.12 bits per heavy atom. The van der Waals surface area contributed by atoms with Gasteiger partial charge < -0.3 is 10.1 Å². The topological polar surface area (TPSA) is 66.0 Å². The second-order valence-corrected chi connectivity index (χ2v) is 3.42. The number of nitrogens with one attached hydrogen (secondary N) is 1. The molecule has 1 aromatic carbocycles. The van der Waals surface area contributed by atoms with Crippen LogP contribution < -0.4 is 5.56 Å². The molecule has 16 heavy (non-hydrogen) atoms. The average molecular weight is 216 g/mol. The lowest BCUT2D eigenvalue weighted by Crippen LogP contribution is -2.05. The van der Waals surface area contributed by atoms with Gasteiger partial charge in [0.2, 0.25) is 0 Å². The molecule has 2 N–H and O–H groups in total. The maximum atomic E-state index is 11.4. The number of fused-ring (bicyclic) bond motifs is 1. The second kappa shape index (κ2) is 4.72. The molecule has 0 bridgehead atoms. The van der Waals surface area contributed by atoms with Crippen LogP contribution in [0.25, 0.3) is 17.0 Å². The molecule has 0 radical (unpaired) electrons. The van der Waals surface area contributed by atoms with Gasteiger partial charge in [-0.1, -0.05) is 18.2 Å². The van der Waals surface area contributed by atoms with Crippen LogP contribution in [0.1, 0.15) is 12.0 Å². The van der Waals surface area contributed by atoms with Crippen LogP contribution in [-0.2, 0) is 0 Å². The Bertz CT molecular complexity index is 572. The minimum absolute atomic E-state index is 0.129. The van der Waals surface area contributed by atoms with E-state index in [1.807, 2.05) is 24.3 Å². The number of aliphatic hydroxyl groups excluding tert-OH is 1. The molecule has 1 aromatic heterocycles. The number of hydrogen-bond donors (Lipinski definition) is 2. The van der Waals surface area contributed by atoms with Crippen molar-refractivity contribution in [3.05, 3.63) is 46.5 Å². The molecule has 0 aliphatic carbocycles. The number of nitrogens with zero attached hydrogens (tertiary/aromatic N) is 1. The van der Waals surface area contributed by atoms with Crippen LogP contribution in [0.2, 0.25) is 0 Å². The number of hydrogen-bond acceptors (Lipinski definition) is 3. The first-order valence-corrected chi connectivity index (χ1v) is 5.06. The van der Waals surface area contributed by atoms with Gasteiger partial charge in [0.1, 0.15) is 0 Å². The monoisotopic (exact) mass is 216 g/mol. The van der Waals surface area contributed by atoms with E-state index in [2.05, 4.69) is 9.97 Å².